The Bertz CT molecular complexity index is 189. The van der Waals surface area contributed by atoms with Crippen LogP contribution in [0.5, 0.6) is 0 Å². The van der Waals surface area contributed by atoms with E-state index in [9.17, 15) is 0 Å². The van der Waals surface area contributed by atoms with Crippen molar-refractivity contribution in [1.82, 2.24) is 0 Å². The summed E-state index contributed by atoms with van der Waals surface area (Å²) in [5, 5.41) is 26.3. The van der Waals surface area contributed by atoms with Gasteiger partial charge >= 0.3 is 0 Å². The quantitative estimate of drug-likeness (QED) is 0.408. The van der Waals surface area contributed by atoms with Crippen molar-refractivity contribution in [2.75, 3.05) is 0 Å². The maximum absolute atomic E-state index is 8.83. The summed E-state index contributed by atoms with van der Waals surface area (Å²) in [7, 11) is 0. The Morgan fingerprint density at radius 3 is 2.10 bits per heavy atom. The van der Waals surface area contributed by atoms with Gasteiger partial charge in [0.25, 0.3) is 0 Å². The summed E-state index contributed by atoms with van der Waals surface area (Å²) >= 11 is 0. The van der Waals surface area contributed by atoms with Crippen LogP contribution in [0, 0.1) is 0 Å². The van der Waals surface area contributed by atoms with Gasteiger partial charge in [-0.2, -0.15) is 0 Å². The Morgan fingerprint density at radius 2 is 1.80 bits per heavy atom. The van der Waals surface area contributed by atoms with Crippen molar-refractivity contribution in [3.05, 3.63) is 36.0 Å². The molecule has 0 aliphatic carbocycles. The van der Waals surface area contributed by atoms with E-state index < -0.39 is 11.5 Å². The summed E-state index contributed by atoms with van der Waals surface area (Å²) in [6.07, 6.45) is 2.30. The highest BCUT2D eigenvalue weighted by Gasteiger charge is 2.02. The summed E-state index contributed by atoms with van der Waals surface area (Å²) in [5.41, 5.74) is 0. The molecular weight excluding hydrogens is 132 g/mol. The monoisotopic (exact) mass is 142 g/mol. The van der Waals surface area contributed by atoms with Gasteiger partial charge in [0.2, 0.25) is 0 Å². The maximum atomic E-state index is 8.83. The molecule has 0 saturated carbocycles. The van der Waals surface area contributed by atoms with Crippen LogP contribution in [0.1, 0.15) is 6.92 Å². The maximum Gasteiger partial charge on any atom is 0.199 e. The summed E-state index contributed by atoms with van der Waals surface area (Å²) in [6.45, 7) is 4.72. The van der Waals surface area contributed by atoms with E-state index >= 15 is 0 Å². The lowest BCUT2D eigenvalue weighted by Gasteiger charge is -1.97. The van der Waals surface area contributed by atoms with Crippen molar-refractivity contribution in [2.24, 2.45) is 0 Å². The van der Waals surface area contributed by atoms with Crippen molar-refractivity contribution < 1.29 is 15.3 Å². The van der Waals surface area contributed by atoms with Crippen molar-refractivity contribution in [3.63, 3.8) is 0 Å². The van der Waals surface area contributed by atoms with Crippen LogP contribution in [-0.4, -0.2) is 15.3 Å². The number of hydrogen-bond donors (Lipinski definition) is 3. The summed E-state index contributed by atoms with van der Waals surface area (Å²) in [6, 6.07) is 0. The third-order valence-corrected chi connectivity index (χ3v) is 0.952. The predicted molar refractivity (Wildman–Crippen MR) is 38.9 cm³/mol. The van der Waals surface area contributed by atoms with Gasteiger partial charge in [0.15, 0.2) is 17.3 Å². The highest BCUT2D eigenvalue weighted by atomic mass is 16.3. The molecule has 0 aromatic heterocycles. The lowest BCUT2D eigenvalue weighted by molar-refractivity contribution is 0.291. The van der Waals surface area contributed by atoms with Crippen LogP contribution >= 0.6 is 0 Å². The lowest BCUT2D eigenvalue weighted by atomic mass is 10.3. The Morgan fingerprint density at radius 1 is 1.30 bits per heavy atom. The van der Waals surface area contributed by atoms with Crippen molar-refractivity contribution in [3.8, 4) is 0 Å². The first-order valence-corrected chi connectivity index (χ1v) is 2.73. The van der Waals surface area contributed by atoms with E-state index in [1.54, 1.807) is 0 Å². The van der Waals surface area contributed by atoms with Gasteiger partial charge in [-0.25, -0.2) is 0 Å². The molecule has 0 aliphatic heterocycles. The molecule has 0 radical (unpaired) electrons. The largest absolute Gasteiger partial charge is 0.504 e. The van der Waals surface area contributed by atoms with Crippen molar-refractivity contribution >= 4 is 0 Å². The van der Waals surface area contributed by atoms with Crippen LogP contribution in [0.25, 0.3) is 0 Å². The Labute approximate surface area is 59.2 Å². The summed E-state index contributed by atoms with van der Waals surface area (Å²) in [4.78, 5) is 0. The van der Waals surface area contributed by atoms with Gasteiger partial charge in [-0.15, -0.1) is 0 Å². The van der Waals surface area contributed by atoms with Crippen LogP contribution in [0.2, 0.25) is 0 Å². The normalized spacial score (nSPS) is 14.3. The van der Waals surface area contributed by atoms with Gasteiger partial charge < -0.3 is 15.3 Å². The van der Waals surface area contributed by atoms with Gasteiger partial charge in [0.05, 0.1) is 0 Å². The molecule has 0 atom stereocenters. The first kappa shape index (κ1) is 8.62. The molecule has 0 saturated heterocycles. The summed E-state index contributed by atoms with van der Waals surface area (Å²) < 4.78 is 0. The molecule has 0 spiro atoms. The molecule has 3 heteroatoms. The van der Waals surface area contributed by atoms with Gasteiger partial charge in [-0.1, -0.05) is 6.58 Å². The zero-order chi connectivity index (χ0) is 8.15. The van der Waals surface area contributed by atoms with Crippen LogP contribution in [0.15, 0.2) is 36.0 Å². The third-order valence-electron chi connectivity index (χ3n) is 0.952. The van der Waals surface area contributed by atoms with Gasteiger partial charge in [-0.3, -0.25) is 0 Å². The summed E-state index contributed by atoms with van der Waals surface area (Å²) in [5.74, 6) is -1.36. The van der Waals surface area contributed by atoms with E-state index in [1.165, 1.54) is 13.0 Å². The Kier molecular flexibility index (Phi) is 3.11. The number of aliphatic hydroxyl groups is 3. The van der Waals surface area contributed by atoms with Crippen LogP contribution in [-0.2, 0) is 0 Å². The molecule has 0 fully saturated rings. The van der Waals surface area contributed by atoms with Gasteiger partial charge in [0.1, 0.15) is 0 Å². The minimum atomic E-state index is -0.558. The molecular formula is C7H10O3. The molecule has 0 bridgehead atoms. The first-order chi connectivity index (χ1) is 4.63. The van der Waals surface area contributed by atoms with Crippen molar-refractivity contribution in [2.45, 2.75) is 6.92 Å². The van der Waals surface area contributed by atoms with E-state index in [2.05, 4.69) is 6.58 Å². The molecule has 0 heterocycles. The average Bonchev–Trinajstić information content (AvgIpc) is 2.00. The molecule has 0 aromatic rings. The minimum Gasteiger partial charge on any atom is -0.504 e. The fraction of sp³-hybridized carbons (Fsp3) is 0.143. The first-order valence-electron chi connectivity index (χ1n) is 2.73. The minimum absolute atomic E-state index is 0.364. The zero-order valence-electron chi connectivity index (χ0n) is 5.70. The predicted octanol–water partition coefficient (Wildman–Crippen LogP) is 1.96. The fourth-order valence-corrected chi connectivity index (χ4v) is 0.365. The van der Waals surface area contributed by atoms with E-state index in [4.69, 9.17) is 15.3 Å². The standard InChI is InChI=1S/C7H10O3/c1-3-5(8)7(10)6(9)4-2/h3-4,8-10H,1H2,2H3/b6-4+,7-5-. The molecule has 0 aliphatic rings. The number of allylic oxidation sites excluding steroid dienone is 2. The van der Waals surface area contributed by atoms with Crippen LogP contribution < -0.4 is 0 Å². The fourth-order valence-electron chi connectivity index (χ4n) is 0.365. The molecule has 0 rings (SSSR count). The number of rotatable bonds is 2. The lowest BCUT2D eigenvalue weighted by Crippen LogP contribution is -1.91. The second-order valence-electron chi connectivity index (χ2n) is 1.61. The Hall–Kier alpha value is -1.38. The molecule has 3 N–H and O–H groups in total. The molecule has 56 valence electrons. The second kappa shape index (κ2) is 3.61. The molecule has 3 nitrogen and oxygen atoms in total. The van der Waals surface area contributed by atoms with Gasteiger partial charge in [0, 0.05) is 0 Å². The third kappa shape index (κ3) is 1.85. The topological polar surface area (TPSA) is 60.7 Å². The molecule has 0 unspecified atom stereocenters. The number of aliphatic hydroxyl groups excluding tert-OH is 3. The second-order valence-corrected chi connectivity index (χ2v) is 1.61. The van der Waals surface area contributed by atoms with Crippen LogP contribution in [0.4, 0.5) is 0 Å². The van der Waals surface area contributed by atoms with Crippen molar-refractivity contribution in [1.29, 1.82) is 0 Å². The van der Waals surface area contributed by atoms with E-state index in [1.807, 2.05) is 0 Å². The molecule has 10 heavy (non-hydrogen) atoms. The SMILES string of the molecule is C=C/C(O)=C(O)\C(O)=C/C. The average molecular weight is 142 g/mol. The zero-order valence-corrected chi connectivity index (χ0v) is 5.70. The molecule has 0 amide bonds. The van der Waals surface area contributed by atoms with Gasteiger partial charge in [-0.05, 0) is 19.1 Å². The Balaban J connectivity index is 4.63. The van der Waals surface area contributed by atoms with E-state index in [0.29, 0.717) is 0 Å². The smallest absolute Gasteiger partial charge is 0.199 e. The van der Waals surface area contributed by atoms with E-state index in [0.717, 1.165) is 6.08 Å². The van der Waals surface area contributed by atoms with E-state index in [-0.39, 0.29) is 5.76 Å². The molecule has 0 aromatic carbocycles. The highest BCUT2D eigenvalue weighted by molar-refractivity contribution is 5.24. The highest BCUT2D eigenvalue weighted by Crippen LogP contribution is 2.06. The number of hydrogen-bond acceptors (Lipinski definition) is 3. The van der Waals surface area contributed by atoms with Crippen LogP contribution in [0.3, 0.4) is 0 Å².